The van der Waals surface area contributed by atoms with Crippen molar-refractivity contribution in [3.05, 3.63) is 105 Å². The van der Waals surface area contributed by atoms with Gasteiger partial charge in [-0.05, 0) is 53.1 Å². The first-order valence-electron chi connectivity index (χ1n) is 12.1. The highest BCUT2D eigenvalue weighted by atomic mass is 35.5. The molecule has 0 spiro atoms. The number of pyridine rings is 1. The first-order chi connectivity index (χ1) is 18.6. The first kappa shape index (κ1) is 27.2. The normalized spacial score (nSPS) is 14.2. The summed E-state index contributed by atoms with van der Waals surface area (Å²) in [6.45, 7) is 1.22. The van der Waals surface area contributed by atoms with Crippen LogP contribution >= 0.6 is 23.2 Å². The molecule has 0 bridgehead atoms. The smallest absolute Gasteiger partial charge is 0.333 e. The van der Waals surface area contributed by atoms with Crippen molar-refractivity contribution in [2.45, 2.75) is 25.7 Å². The molecule has 0 fully saturated rings. The molecule has 0 unspecified atom stereocenters. The van der Waals surface area contributed by atoms with E-state index in [1.54, 1.807) is 24.3 Å². The zero-order valence-electron chi connectivity index (χ0n) is 20.4. The van der Waals surface area contributed by atoms with E-state index in [-0.39, 0.29) is 29.1 Å². The molecule has 1 aliphatic heterocycles. The lowest BCUT2D eigenvalue weighted by Crippen LogP contribution is -2.34. The number of aromatic nitrogens is 2. The Morgan fingerprint density at radius 1 is 1.10 bits per heavy atom. The third-order valence-corrected chi connectivity index (χ3v) is 7.04. The van der Waals surface area contributed by atoms with Crippen molar-refractivity contribution in [2.75, 3.05) is 13.1 Å². The van der Waals surface area contributed by atoms with Gasteiger partial charge in [0.25, 0.3) is 0 Å². The zero-order valence-corrected chi connectivity index (χ0v) is 21.9. The Labute approximate surface area is 231 Å². The van der Waals surface area contributed by atoms with E-state index in [0.29, 0.717) is 47.4 Å². The summed E-state index contributed by atoms with van der Waals surface area (Å²) in [5.74, 6) is -1.07. The summed E-state index contributed by atoms with van der Waals surface area (Å²) in [5, 5.41) is 3.42. The second-order valence-corrected chi connectivity index (χ2v) is 10.0. The maximum absolute atomic E-state index is 14.5. The van der Waals surface area contributed by atoms with Gasteiger partial charge in [0.05, 0.1) is 11.1 Å². The van der Waals surface area contributed by atoms with E-state index in [0.717, 1.165) is 11.6 Å². The van der Waals surface area contributed by atoms with Gasteiger partial charge in [0, 0.05) is 54.9 Å². The molecule has 0 aliphatic carbocycles. The number of nitrogens with one attached hydrogen (secondary N) is 1. The Kier molecular flexibility index (Phi) is 7.66. The molecule has 3 heterocycles. The number of carbonyl (C=O) groups excluding carboxylic acids is 1. The van der Waals surface area contributed by atoms with Gasteiger partial charge in [-0.2, -0.15) is 13.2 Å². The van der Waals surface area contributed by atoms with Gasteiger partial charge in [0.1, 0.15) is 11.0 Å². The summed E-state index contributed by atoms with van der Waals surface area (Å²) < 4.78 is 57.9. The van der Waals surface area contributed by atoms with E-state index in [9.17, 15) is 22.4 Å². The average Bonchev–Trinajstić information content (AvgIpc) is 3.20. The van der Waals surface area contributed by atoms with Crippen LogP contribution in [0.2, 0.25) is 10.2 Å². The minimum absolute atomic E-state index is 0.0680. The highest BCUT2D eigenvalue weighted by Crippen LogP contribution is 2.41. The van der Waals surface area contributed by atoms with Gasteiger partial charge in [-0.25, -0.2) is 14.2 Å². The van der Waals surface area contributed by atoms with Gasteiger partial charge in [0.15, 0.2) is 0 Å². The highest BCUT2D eigenvalue weighted by molar-refractivity contribution is 6.30. The molecule has 11 heteroatoms. The van der Waals surface area contributed by atoms with Crippen molar-refractivity contribution >= 4 is 46.2 Å². The summed E-state index contributed by atoms with van der Waals surface area (Å²) in [4.78, 5) is 19.2. The monoisotopic (exact) mass is 576 g/mol. The molecule has 1 N–H and O–H groups in total. The van der Waals surface area contributed by atoms with Crippen molar-refractivity contribution < 1.29 is 22.4 Å². The van der Waals surface area contributed by atoms with Crippen molar-refractivity contribution in [1.29, 1.82) is 0 Å². The fourth-order valence-corrected chi connectivity index (χ4v) is 5.17. The fraction of sp³-hybridized carbons (Fsp3) is 0.214. The van der Waals surface area contributed by atoms with Gasteiger partial charge in [-0.15, -0.1) is 0 Å². The standard InChI is InChI=1S/C28H22Cl2F4N4O/c29-19-5-3-17(4-6-19)2-1-10-37-11-8-23-21(16-37)26-22(28(32,33)34)13-20(31)14-24(26)38(23)27(39)36-15-18-7-9-35-25(30)12-18/h1-7,9,12-14H,8,10-11,15-16H2,(H,36,39). The molecule has 0 atom stereocenters. The van der Waals surface area contributed by atoms with Crippen molar-refractivity contribution in [3.63, 3.8) is 0 Å². The van der Waals surface area contributed by atoms with Crippen molar-refractivity contribution in [2.24, 2.45) is 0 Å². The quantitative estimate of drug-likeness (QED) is 0.200. The summed E-state index contributed by atoms with van der Waals surface area (Å²) >= 11 is 11.8. The van der Waals surface area contributed by atoms with Crippen LogP contribution in [0, 0.1) is 5.82 Å². The Balaban J connectivity index is 1.48. The highest BCUT2D eigenvalue weighted by Gasteiger charge is 2.38. The zero-order chi connectivity index (χ0) is 27.7. The Bertz CT molecular complexity index is 1560. The minimum atomic E-state index is -4.80. The molecule has 5 rings (SSSR count). The number of rotatable bonds is 5. The Morgan fingerprint density at radius 3 is 2.59 bits per heavy atom. The molecule has 202 valence electrons. The maximum Gasteiger partial charge on any atom is 0.417 e. The molecule has 0 radical (unpaired) electrons. The number of halogens is 6. The summed E-state index contributed by atoms with van der Waals surface area (Å²) in [6.07, 6.45) is 0.819. The number of alkyl halides is 3. The number of carbonyl (C=O) groups is 1. The van der Waals surface area contributed by atoms with E-state index in [2.05, 4.69) is 10.3 Å². The first-order valence-corrected chi connectivity index (χ1v) is 12.8. The van der Waals surface area contributed by atoms with Crippen molar-refractivity contribution in [3.8, 4) is 0 Å². The lowest BCUT2D eigenvalue weighted by atomic mass is 10.00. The van der Waals surface area contributed by atoms with Crippen LogP contribution in [0.5, 0.6) is 0 Å². The largest absolute Gasteiger partial charge is 0.417 e. The predicted molar refractivity (Wildman–Crippen MR) is 143 cm³/mol. The van der Waals surface area contributed by atoms with Gasteiger partial charge < -0.3 is 5.32 Å². The van der Waals surface area contributed by atoms with Crippen LogP contribution in [0.3, 0.4) is 0 Å². The Hall–Kier alpha value is -3.40. The summed E-state index contributed by atoms with van der Waals surface area (Å²) in [6, 6.07) is 11.3. The van der Waals surface area contributed by atoms with Gasteiger partial charge in [0.2, 0.25) is 0 Å². The van der Waals surface area contributed by atoms with Crippen LogP contribution in [0.1, 0.15) is 27.9 Å². The Morgan fingerprint density at radius 2 is 1.87 bits per heavy atom. The molecular formula is C28H22Cl2F4N4O. The molecule has 2 aromatic heterocycles. The molecule has 4 aromatic rings. The molecule has 1 aliphatic rings. The number of nitrogens with zero attached hydrogens (tertiary/aromatic N) is 3. The number of benzene rings is 2. The summed E-state index contributed by atoms with van der Waals surface area (Å²) in [5.41, 5.74) is 1.19. The molecule has 39 heavy (non-hydrogen) atoms. The van der Waals surface area contributed by atoms with Crippen molar-refractivity contribution in [1.82, 2.24) is 19.8 Å². The number of hydrogen-bond donors (Lipinski definition) is 1. The van der Waals surface area contributed by atoms with E-state index in [4.69, 9.17) is 23.2 Å². The van der Waals surface area contributed by atoms with Crippen LogP contribution in [0.25, 0.3) is 17.0 Å². The predicted octanol–water partition coefficient (Wildman–Crippen LogP) is 7.33. The number of fused-ring (bicyclic) bond motifs is 3. The van der Waals surface area contributed by atoms with E-state index in [1.165, 1.54) is 10.8 Å². The van der Waals surface area contributed by atoms with Crippen LogP contribution in [-0.4, -0.2) is 33.6 Å². The molecule has 0 saturated carbocycles. The van der Waals surface area contributed by atoms with E-state index < -0.39 is 23.6 Å². The molecular weight excluding hydrogens is 555 g/mol. The molecule has 2 aromatic carbocycles. The number of hydrogen-bond acceptors (Lipinski definition) is 3. The summed E-state index contributed by atoms with van der Waals surface area (Å²) in [7, 11) is 0. The van der Waals surface area contributed by atoms with E-state index in [1.807, 2.05) is 29.2 Å². The second-order valence-electron chi connectivity index (χ2n) is 9.19. The van der Waals surface area contributed by atoms with E-state index >= 15 is 0 Å². The van der Waals surface area contributed by atoms with Crippen LogP contribution in [0.15, 0.2) is 60.8 Å². The van der Waals surface area contributed by atoms with Gasteiger partial charge in [-0.3, -0.25) is 9.47 Å². The topological polar surface area (TPSA) is 50.2 Å². The number of amides is 1. The third-order valence-electron chi connectivity index (χ3n) is 6.58. The SMILES string of the molecule is O=C(NCc1ccnc(Cl)c1)n1c2c(c3c(C(F)(F)F)cc(F)cc31)CN(CC=Cc1ccc(Cl)cc1)CC2. The molecule has 5 nitrogen and oxygen atoms in total. The molecule has 1 amide bonds. The molecule has 0 saturated heterocycles. The fourth-order valence-electron chi connectivity index (χ4n) is 4.84. The second kappa shape index (κ2) is 11.0. The van der Waals surface area contributed by atoms with Gasteiger partial charge >= 0.3 is 12.2 Å². The van der Waals surface area contributed by atoms with Crippen LogP contribution < -0.4 is 5.32 Å². The maximum atomic E-state index is 14.5. The lowest BCUT2D eigenvalue weighted by Gasteiger charge is -2.27. The van der Waals surface area contributed by atoms with Crippen LogP contribution in [-0.2, 0) is 25.7 Å². The van der Waals surface area contributed by atoms with Gasteiger partial charge in [-0.1, -0.05) is 47.5 Å². The lowest BCUT2D eigenvalue weighted by molar-refractivity contribution is -0.136. The average molecular weight is 577 g/mol. The van der Waals surface area contributed by atoms with Crippen LogP contribution in [0.4, 0.5) is 22.4 Å². The minimum Gasteiger partial charge on any atom is -0.333 e. The third kappa shape index (κ3) is 5.95.